The lowest BCUT2D eigenvalue weighted by molar-refractivity contribution is -0.230. The van der Waals surface area contributed by atoms with Gasteiger partial charge in [0.15, 0.2) is 6.29 Å². The van der Waals surface area contributed by atoms with Crippen LogP contribution in [0.15, 0.2) is 0 Å². The van der Waals surface area contributed by atoms with E-state index in [0.29, 0.717) is 13.2 Å². The van der Waals surface area contributed by atoms with Crippen LogP contribution < -0.4 is 0 Å². The average Bonchev–Trinajstić information content (AvgIpc) is 2.27. The molecule has 0 aliphatic carbocycles. The van der Waals surface area contributed by atoms with Crippen molar-refractivity contribution in [2.75, 3.05) is 13.2 Å². The van der Waals surface area contributed by atoms with E-state index in [4.69, 9.17) is 19.7 Å². The highest BCUT2D eigenvalue weighted by Gasteiger charge is 2.39. The van der Waals surface area contributed by atoms with Crippen molar-refractivity contribution in [2.45, 2.75) is 32.5 Å². The molecule has 17 heavy (non-hydrogen) atoms. The molecular weight excluding hydrogens is 228 g/mol. The second-order valence-electron chi connectivity index (χ2n) is 4.20. The fourth-order valence-corrected chi connectivity index (χ4v) is 1.75. The van der Waals surface area contributed by atoms with E-state index < -0.39 is 24.1 Å². The Bertz CT molecular complexity index is 255. The van der Waals surface area contributed by atoms with Gasteiger partial charge in [0.2, 0.25) is 5.92 Å². The van der Waals surface area contributed by atoms with Gasteiger partial charge in [-0.15, -0.1) is 0 Å². The highest BCUT2D eigenvalue weighted by Crippen LogP contribution is 2.21. The summed E-state index contributed by atoms with van der Waals surface area (Å²) in [7, 11) is 0. The molecule has 6 nitrogen and oxygen atoms in total. The third kappa shape index (κ3) is 3.98. The summed E-state index contributed by atoms with van der Waals surface area (Å²) in [5, 5.41) is 17.5. The van der Waals surface area contributed by atoms with Crippen molar-refractivity contribution in [1.29, 1.82) is 0 Å². The van der Waals surface area contributed by atoms with Crippen LogP contribution >= 0.6 is 0 Å². The smallest absolute Gasteiger partial charge is 0.323 e. The van der Waals surface area contributed by atoms with E-state index in [2.05, 4.69) is 6.92 Å². The Morgan fingerprint density at radius 2 is 1.76 bits per heavy atom. The monoisotopic (exact) mass is 246 g/mol. The molecule has 0 bridgehead atoms. The van der Waals surface area contributed by atoms with E-state index in [1.54, 1.807) is 0 Å². The van der Waals surface area contributed by atoms with Crippen LogP contribution in [0.5, 0.6) is 0 Å². The SMILES string of the molecule is CCCCC1COC(C(C(=O)O)C(=O)O)OC1. The summed E-state index contributed by atoms with van der Waals surface area (Å²) in [6, 6.07) is 0. The van der Waals surface area contributed by atoms with Crippen molar-refractivity contribution in [3.63, 3.8) is 0 Å². The van der Waals surface area contributed by atoms with Crippen molar-refractivity contribution in [2.24, 2.45) is 11.8 Å². The van der Waals surface area contributed by atoms with Gasteiger partial charge in [-0.3, -0.25) is 9.59 Å². The molecule has 1 saturated heterocycles. The standard InChI is InChI=1S/C11H18O6/c1-2-3-4-7-5-16-11(17-6-7)8(9(12)13)10(14)15/h7-8,11H,2-6H2,1H3,(H,12,13)(H,14,15). The molecule has 1 fully saturated rings. The molecule has 0 aromatic carbocycles. The lowest BCUT2D eigenvalue weighted by Gasteiger charge is -2.31. The normalized spacial score (nSPS) is 24.8. The van der Waals surface area contributed by atoms with Crippen molar-refractivity contribution in [3.05, 3.63) is 0 Å². The van der Waals surface area contributed by atoms with Gasteiger partial charge in [-0.25, -0.2) is 0 Å². The quantitative estimate of drug-likeness (QED) is 0.678. The van der Waals surface area contributed by atoms with Gasteiger partial charge < -0.3 is 19.7 Å². The molecular formula is C11H18O6. The molecule has 0 aromatic rings. The molecule has 1 aliphatic heterocycles. The summed E-state index contributed by atoms with van der Waals surface area (Å²) in [6.45, 7) is 2.81. The molecule has 0 atom stereocenters. The zero-order valence-corrected chi connectivity index (χ0v) is 9.80. The zero-order chi connectivity index (χ0) is 12.8. The van der Waals surface area contributed by atoms with Gasteiger partial charge in [-0.05, 0) is 6.42 Å². The maximum Gasteiger partial charge on any atom is 0.323 e. The van der Waals surface area contributed by atoms with E-state index in [0.717, 1.165) is 19.3 Å². The van der Waals surface area contributed by atoms with Gasteiger partial charge in [0.25, 0.3) is 0 Å². The summed E-state index contributed by atoms with van der Waals surface area (Å²) < 4.78 is 10.4. The number of hydrogen-bond acceptors (Lipinski definition) is 4. The molecule has 0 spiro atoms. The predicted molar refractivity (Wildman–Crippen MR) is 57.5 cm³/mol. The molecule has 0 saturated carbocycles. The Morgan fingerprint density at radius 1 is 1.24 bits per heavy atom. The zero-order valence-electron chi connectivity index (χ0n) is 9.80. The van der Waals surface area contributed by atoms with E-state index in [-0.39, 0.29) is 5.92 Å². The Hall–Kier alpha value is -1.14. The van der Waals surface area contributed by atoms with Gasteiger partial charge in [-0.2, -0.15) is 0 Å². The van der Waals surface area contributed by atoms with Crippen molar-refractivity contribution in [3.8, 4) is 0 Å². The Kier molecular flexibility index (Phi) is 5.37. The first-order chi connectivity index (χ1) is 8.06. The summed E-state index contributed by atoms with van der Waals surface area (Å²) in [4.78, 5) is 21.5. The van der Waals surface area contributed by atoms with Crippen LogP contribution in [-0.4, -0.2) is 41.7 Å². The number of unbranched alkanes of at least 4 members (excludes halogenated alkanes) is 1. The number of rotatable bonds is 6. The lowest BCUT2D eigenvalue weighted by Crippen LogP contribution is -2.43. The van der Waals surface area contributed by atoms with Crippen LogP contribution in [0.25, 0.3) is 0 Å². The maximum atomic E-state index is 10.8. The Balaban J connectivity index is 2.44. The number of aliphatic carboxylic acids is 2. The maximum absolute atomic E-state index is 10.8. The number of carboxylic acids is 2. The fraction of sp³-hybridized carbons (Fsp3) is 0.818. The number of hydrogen-bond donors (Lipinski definition) is 2. The van der Waals surface area contributed by atoms with Gasteiger partial charge in [0.05, 0.1) is 13.2 Å². The second-order valence-corrected chi connectivity index (χ2v) is 4.20. The number of ether oxygens (including phenoxy) is 2. The largest absolute Gasteiger partial charge is 0.480 e. The minimum atomic E-state index is -1.65. The van der Waals surface area contributed by atoms with Gasteiger partial charge in [0.1, 0.15) is 0 Å². The van der Waals surface area contributed by atoms with Crippen LogP contribution in [0.3, 0.4) is 0 Å². The highest BCUT2D eigenvalue weighted by atomic mass is 16.7. The molecule has 1 rings (SSSR count). The Labute approximate surface area is 99.5 Å². The molecule has 1 heterocycles. The molecule has 0 radical (unpaired) electrons. The Morgan fingerprint density at radius 3 is 2.18 bits per heavy atom. The fourth-order valence-electron chi connectivity index (χ4n) is 1.75. The van der Waals surface area contributed by atoms with E-state index in [1.807, 2.05) is 0 Å². The first-order valence-corrected chi connectivity index (χ1v) is 5.75. The van der Waals surface area contributed by atoms with Crippen LogP contribution in [0, 0.1) is 11.8 Å². The van der Waals surface area contributed by atoms with Crippen LogP contribution in [0.1, 0.15) is 26.2 Å². The summed E-state index contributed by atoms with van der Waals surface area (Å²) >= 11 is 0. The van der Waals surface area contributed by atoms with Gasteiger partial charge in [0, 0.05) is 5.92 Å². The first kappa shape index (κ1) is 13.9. The van der Waals surface area contributed by atoms with Crippen LogP contribution in [-0.2, 0) is 19.1 Å². The number of carboxylic acid groups (broad SMARTS) is 2. The molecule has 0 aromatic heterocycles. The summed E-state index contributed by atoms with van der Waals surface area (Å²) in [6.07, 6.45) is 1.91. The van der Waals surface area contributed by atoms with Crippen LogP contribution in [0.2, 0.25) is 0 Å². The third-order valence-electron chi connectivity index (χ3n) is 2.76. The highest BCUT2D eigenvalue weighted by molar-refractivity contribution is 5.93. The molecule has 98 valence electrons. The molecule has 2 N–H and O–H groups in total. The molecule has 1 aliphatic rings. The summed E-state index contributed by atoms with van der Waals surface area (Å²) in [5.41, 5.74) is 0. The van der Waals surface area contributed by atoms with E-state index in [9.17, 15) is 9.59 Å². The second kappa shape index (κ2) is 6.56. The minimum absolute atomic E-state index is 0.231. The molecule has 0 unspecified atom stereocenters. The van der Waals surface area contributed by atoms with Crippen molar-refractivity contribution >= 4 is 11.9 Å². The molecule has 6 heteroatoms. The first-order valence-electron chi connectivity index (χ1n) is 5.75. The van der Waals surface area contributed by atoms with Gasteiger partial charge in [-0.1, -0.05) is 19.8 Å². The van der Waals surface area contributed by atoms with Crippen molar-refractivity contribution < 1.29 is 29.3 Å². The molecule has 0 amide bonds. The van der Waals surface area contributed by atoms with Crippen LogP contribution in [0.4, 0.5) is 0 Å². The topological polar surface area (TPSA) is 93.1 Å². The van der Waals surface area contributed by atoms with Gasteiger partial charge >= 0.3 is 11.9 Å². The average molecular weight is 246 g/mol. The number of carbonyl (C=O) groups is 2. The van der Waals surface area contributed by atoms with E-state index >= 15 is 0 Å². The predicted octanol–water partition coefficient (Wildman–Crippen LogP) is 0.951. The van der Waals surface area contributed by atoms with E-state index in [1.165, 1.54) is 0 Å². The minimum Gasteiger partial charge on any atom is -0.480 e. The lowest BCUT2D eigenvalue weighted by atomic mass is 10.0. The summed E-state index contributed by atoms with van der Waals surface area (Å²) in [5.74, 6) is -4.29. The van der Waals surface area contributed by atoms with Crippen molar-refractivity contribution in [1.82, 2.24) is 0 Å². The third-order valence-corrected chi connectivity index (χ3v) is 2.76.